The Balaban J connectivity index is 0.00000173. The Kier molecular flexibility index (Phi) is 17.7. The molecule has 4 rings (SSSR count). The molecule has 0 radical (unpaired) electrons. The quantitative estimate of drug-likeness (QED) is 0.298. The van der Waals surface area contributed by atoms with Crippen LogP contribution >= 0.6 is 0 Å². The number of amides is 1. The molecule has 1 saturated heterocycles. The zero-order valence-electron chi connectivity index (χ0n) is 28.8. The molecule has 1 fully saturated rings. The van der Waals surface area contributed by atoms with Crippen molar-refractivity contribution in [2.24, 2.45) is 0 Å². The second-order valence-electron chi connectivity index (χ2n) is 10.3. The van der Waals surface area contributed by atoms with Crippen LogP contribution in [0, 0.1) is 0 Å². The standard InChI is InChI=1S/C24H27F3N6O2.C3H6O.3C2H6/c1-5-15-6-7-16(10-19(15)24(25,26)27)20-8-9-28-21(31-20)30-17-11-29-33(12-17)18-13-32(14-18)22(34)35-23(2,3)4;1-3(2)4;3*1-2/h6-12,18H,5,13-14H2,1-4H3,(H,28,30,31);1-2H3;3*1-2H3. The van der Waals surface area contributed by atoms with Gasteiger partial charge in [0, 0.05) is 31.0 Å². The number of ketones is 1. The number of rotatable bonds is 5. The lowest BCUT2D eigenvalue weighted by Crippen LogP contribution is -2.52. The van der Waals surface area contributed by atoms with Gasteiger partial charge in [-0.15, -0.1) is 0 Å². The van der Waals surface area contributed by atoms with Crippen molar-refractivity contribution in [3.63, 3.8) is 0 Å². The molecule has 12 heteroatoms. The molecule has 2 aromatic heterocycles. The van der Waals surface area contributed by atoms with E-state index < -0.39 is 17.3 Å². The molecule has 1 aliphatic heterocycles. The molecule has 3 aromatic rings. The van der Waals surface area contributed by atoms with Gasteiger partial charge < -0.3 is 19.7 Å². The Morgan fingerprint density at radius 1 is 1.00 bits per heavy atom. The number of likely N-dealkylation sites (tertiary alicyclic amines) is 1. The van der Waals surface area contributed by atoms with Gasteiger partial charge in [-0.25, -0.2) is 14.8 Å². The SMILES string of the molecule is CC.CC.CC.CC(C)=O.CCc1ccc(-c2ccnc(Nc3cnn(C4CN(C(=O)OC(C)(C)C)C4)c3)n2)cc1C(F)(F)F. The maximum absolute atomic E-state index is 13.5. The highest BCUT2D eigenvalue weighted by Crippen LogP contribution is 2.35. The molecule has 252 valence electrons. The number of Topliss-reactive ketones (excluding diaryl/α,β-unsaturated/α-hetero) is 1. The van der Waals surface area contributed by atoms with Crippen LogP contribution in [-0.2, 0) is 22.1 Å². The number of aromatic nitrogens is 4. The Bertz CT molecular complexity index is 1310. The minimum atomic E-state index is -4.44. The van der Waals surface area contributed by atoms with E-state index in [-0.39, 0.29) is 35.9 Å². The Morgan fingerprint density at radius 2 is 1.58 bits per heavy atom. The van der Waals surface area contributed by atoms with Gasteiger partial charge in [-0.05, 0) is 58.7 Å². The smallest absolute Gasteiger partial charge is 0.416 e. The molecule has 1 aromatic carbocycles. The third-order valence-electron chi connectivity index (χ3n) is 5.49. The van der Waals surface area contributed by atoms with Crippen LogP contribution < -0.4 is 5.32 Å². The Morgan fingerprint density at radius 3 is 2.09 bits per heavy atom. The molecule has 1 amide bonds. The van der Waals surface area contributed by atoms with Crippen molar-refractivity contribution >= 4 is 23.5 Å². The van der Waals surface area contributed by atoms with Gasteiger partial charge in [-0.1, -0.05) is 60.6 Å². The number of alkyl halides is 3. The van der Waals surface area contributed by atoms with E-state index in [1.807, 2.05) is 62.3 Å². The van der Waals surface area contributed by atoms with Crippen molar-refractivity contribution in [1.82, 2.24) is 24.6 Å². The summed E-state index contributed by atoms with van der Waals surface area (Å²) < 4.78 is 47.5. The number of benzene rings is 1. The number of carbonyl (C=O) groups excluding carboxylic acids is 2. The molecule has 0 aliphatic carbocycles. The van der Waals surface area contributed by atoms with Crippen LogP contribution in [0.2, 0.25) is 0 Å². The molecule has 0 unspecified atom stereocenters. The largest absolute Gasteiger partial charge is 0.444 e. The van der Waals surface area contributed by atoms with E-state index in [1.165, 1.54) is 26.1 Å². The maximum atomic E-state index is 13.5. The average molecular weight is 637 g/mol. The molecule has 0 spiro atoms. The van der Waals surface area contributed by atoms with Crippen LogP contribution in [0.15, 0.2) is 42.9 Å². The number of nitrogens with zero attached hydrogens (tertiary/aromatic N) is 5. The predicted octanol–water partition coefficient (Wildman–Crippen LogP) is 9.13. The van der Waals surface area contributed by atoms with Crippen molar-refractivity contribution in [3.8, 4) is 11.3 Å². The van der Waals surface area contributed by atoms with Crippen LogP contribution in [0.25, 0.3) is 11.3 Å². The zero-order chi connectivity index (χ0) is 35.0. The van der Waals surface area contributed by atoms with Crippen molar-refractivity contribution in [3.05, 3.63) is 54.0 Å². The summed E-state index contributed by atoms with van der Waals surface area (Å²) in [5.41, 5.74) is 0.374. The van der Waals surface area contributed by atoms with Gasteiger partial charge in [-0.3, -0.25) is 4.68 Å². The van der Waals surface area contributed by atoms with E-state index in [4.69, 9.17) is 4.74 Å². The number of hydrogen-bond acceptors (Lipinski definition) is 7. The lowest BCUT2D eigenvalue weighted by atomic mass is 10.00. The number of hydrogen-bond donors (Lipinski definition) is 1. The first kappa shape index (κ1) is 41.0. The highest BCUT2D eigenvalue weighted by Gasteiger charge is 2.35. The van der Waals surface area contributed by atoms with Gasteiger partial charge in [0.25, 0.3) is 0 Å². The van der Waals surface area contributed by atoms with Gasteiger partial charge in [0.1, 0.15) is 11.4 Å². The van der Waals surface area contributed by atoms with Gasteiger partial charge >= 0.3 is 12.3 Å². The number of nitrogens with one attached hydrogen (secondary N) is 1. The fraction of sp³-hybridized carbons (Fsp3) is 0.545. The summed E-state index contributed by atoms with van der Waals surface area (Å²) in [4.78, 5) is 31.7. The summed E-state index contributed by atoms with van der Waals surface area (Å²) in [6.45, 7) is 23.2. The van der Waals surface area contributed by atoms with Gasteiger partial charge in [0.05, 0.1) is 29.2 Å². The lowest BCUT2D eigenvalue weighted by Gasteiger charge is -2.39. The van der Waals surface area contributed by atoms with E-state index in [0.717, 1.165) is 6.07 Å². The molecular weight excluding hydrogens is 585 g/mol. The first-order valence-electron chi connectivity index (χ1n) is 15.5. The van der Waals surface area contributed by atoms with E-state index >= 15 is 0 Å². The molecule has 1 aliphatic rings. The van der Waals surface area contributed by atoms with Gasteiger partial charge in [-0.2, -0.15) is 18.3 Å². The van der Waals surface area contributed by atoms with E-state index in [0.29, 0.717) is 30.0 Å². The van der Waals surface area contributed by atoms with Crippen LogP contribution in [0.3, 0.4) is 0 Å². The fourth-order valence-electron chi connectivity index (χ4n) is 3.72. The first-order valence-corrected chi connectivity index (χ1v) is 15.5. The molecule has 45 heavy (non-hydrogen) atoms. The Hall–Kier alpha value is -3.96. The topological polar surface area (TPSA) is 102 Å². The second kappa shape index (κ2) is 19.4. The first-order chi connectivity index (χ1) is 21.2. The summed E-state index contributed by atoms with van der Waals surface area (Å²) in [5.74, 6) is 0.402. The highest BCUT2D eigenvalue weighted by atomic mass is 19.4. The summed E-state index contributed by atoms with van der Waals surface area (Å²) in [7, 11) is 0. The van der Waals surface area contributed by atoms with E-state index in [2.05, 4.69) is 20.4 Å². The summed E-state index contributed by atoms with van der Waals surface area (Å²) in [5, 5.41) is 7.37. The van der Waals surface area contributed by atoms with Crippen molar-refractivity contribution in [2.45, 2.75) is 107 Å². The number of ether oxygens (including phenoxy) is 1. The highest BCUT2D eigenvalue weighted by molar-refractivity contribution is 5.72. The minimum absolute atomic E-state index is 0.0168. The van der Waals surface area contributed by atoms with E-state index in [1.54, 1.807) is 41.0 Å². The van der Waals surface area contributed by atoms with Gasteiger partial charge in [0.2, 0.25) is 5.95 Å². The monoisotopic (exact) mass is 636 g/mol. The number of aryl methyl sites for hydroxylation is 1. The van der Waals surface area contributed by atoms with Crippen LogP contribution in [0.5, 0.6) is 0 Å². The van der Waals surface area contributed by atoms with Crippen LogP contribution in [-0.4, -0.2) is 55.2 Å². The second-order valence-corrected chi connectivity index (χ2v) is 10.3. The zero-order valence-corrected chi connectivity index (χ0v) is 28.8. The van der Waals surface area contributed by atoms with Crippen molar-refractivity contribution in [1.29, 1.82) is 0 Å². The van der Waals surface area contributed by atoms with Crippen molar-refractivity contribution in [2.75, 3.05) is 18.4 Å². The molecule has 9 nitrogen and oxygen atoms in total. The number of carbonyl (C=O) groups is 2. The fourth-order valence-corrected chi connectivity index (χ4v) is 3.72. The summed E-state index contributed by atoms with van der Waals surface area (Å²) in [6.07, 6.45) is 0.344. The molecule has 0 bridgehead atoms. The summed E-state index contributed by atoms with van der Waals surface area (Å²) in [6, 6.07) is 5.82. The van der Waals surface area contributed by atoms with Crippen molar-refractivity contribution < 1.29 is 27.5 Å². The van der Waals surface area contributed by atoms with Crippen LogP contribution in [0.1, 0.15) is 100 Å². The molecule has 0 atom stereocenters. The molecular formula is C33H51F3N6O3. The average Bonchev–Trinajstić information content (AvgIpc) is 3.41. The number of anilines is 2. The molecule has 3 heterocycles. The maximum Gasteiger partial charge on any atom is 0.416 e. The number of halogens is 3. The normalized spacial score (nSPS) is 12.3. The molecule has 0 saturated carbocycles. The summed E-state index contributed by atoms with van der Waals surface area (Å²) >= 11 is 0. The minimum Gasteiger partial charge on any atom is -0.444 e. The Labute approximate surface area is 266 Å². The molecule has 1 N–H and O–H groups in total. The lowest BCUT2D eigenvalue weighted by molar-refractivity contribution is -0.138. The van der Waals surface area contributed by atoms with E-state index in [9.17, 15) is 22.8 Å². The predicted molar refractivity (Wildman–Crippen MR) is 175 cm³/mol. The third-order valence-corrected chi connectivity index (χ3v) is 5.49. The third kappa shape index (κ3) is 13.7. The van der Waals surface area contributed by atoms with Gasteiger partial charge in [0.15, 0.2) is 0 Å². The van der Waals surface area contributed by atoms with Crippen LogP contribution in [0.4, 0.5) is 29.6 Å².